The van der Waals surface area contributed by atoms with E-state index in [9.17, 15) is 9.59 Å². The normalized spacial score (nSPS) is 13.5. The number of benzene rings is 1. The Balaban J connectivity index is 1.51. The number of aryl methyl sites for hydroxylation is 1. The number of carbonyl (C=O) groups is 2. The van der Waals surface area contributed by atoms with Crippen LogP contribution in [0.3, 0.4) is 0 Å². The number of aromatic nitrogens is 3. The summed E-state index contributed by atoms with van der Waals surface area (Å²) in [6, 6.07) is 10.9. The topological polar surface area (TPSA) is 102 Å². The minimum Gasteiger partial charge on any atom is -0.463 e. The zero-order valence-corrected chi connectivity index (χ0v) is 18.8. The number of anilines is 2. The minimum absolute atomic E-state index is 0.0242. The molecule has 1 fully saturated rings. The van der Waals surface area contributed by atoms with Gasteiger partial charge in [0.1, 0.15) is 5.69 Å². The van der Waals surface area contributed by atoms with Crippen LogP contribution in [0.2, 0.25) is 0 Å². The van der Waals surface area contributed by atoms with Gasteiger partial charge in [0.2, 0.25) is 5.91 Å². The monoisotopic (exact) mass is 443 g/mol. The summed E-state index contributed by atoms with van der Waals surface area (Å²) < 4.78 is 7.32. The summed E-state index contributed by atoms with van der Waals surface area (Å²) in [5.74, 6) is 0.416. The first-order valence-corrected chi connectivity index (χ1v) is 11.1. The number of nitrogens with zero attached hydrogens (tertiary/aromatic N) is 3. The average Bonchev–Trinajstić information content (AvgIpc) is 3.32. The number of carbonyl (C=O) groups excluding carboxylic acids is 2. The van der Waals surface area contributed by atoms with Crippen molar-refractivity contribution in [3.8, 4) is 11.5 Å². The van der Waals surface area contributed by atoms with E-state index in [4.69, 9.17) is 9.40 Å². The summed E-state index contributed by atoms with van der Waals surface area (Å²) in [6.07, 6.45) is 5.11. The first kappa shape index (κ1) is 20.9. The molecule has 4 aromatic rings. The number of pyridine rings is 1. The van der Waals surface area contributed by atoms with Crippen LogP contribution in [0, 0.1) is 12.8 Å². The van der Waals surface area contributed by atoms with Gasteiger partial charge in [-0.3, -0.25) is 9.59 Å². The third kappa shape index (κ3) is 4.11. The van der Waals surface area contributed by atoms with Gasteiger partial charge >= 0.3 is 0 Å². The van der Waals surface area contributed by atoms with Gasteiger partial charge in [0.25, 0.3) is 5.91 Å². The standard InChI is InChI=1S/C25H25N5O3/c1-14(2)30-23-19(13-26-30)18(12-21(28-23)22-5-4-10-33-22)25(32)29-20-11-17(9-6-15(20)3)27-24(31)16-7-8-16/h4-6,9-14,16H,7-8H2,1-3H3,(H,27,31)(H,29,32). The number of nitrogens with one attached hydrogen (secondary N) is 2. The first-order valence-electron chi connectivity index (χ1n) is 11.1. The maximum absolute atomic E-state index is 13.4. The number of hydrogen-bond acceptors (Lipinski definition) is 5. The molecule has 3 aromatic heterocycles. The summed E-state index contributed by atoms with van der Waals surface area (Å²) in [6.45, 7) is 5.94. The third-order valence-corrected chi connectivity index (χ3v) is 5.78. The minimum atomic E-state index is -0.285. The van der Waals surface area contributed by atoms with Crippen LogP contribution in [0.4, 0.5) is 11.4 Å². The molecule has 0 atom stereocenters. The molecular formula is C25H25N5O3. The molecule has 0 spiro atoms. The maximum atomic E-state index is 13.4. The summed E-state index contributed by atoms with van der Waals surface area (Å²) in [5, 5.41) is 11.0. The van der Waals surface area contributed by atoms with E-state index < -0.39 is 0 Å². The van der Waals surface area contributed by atoms with Crippen molar-refractivity contribution >= 4 is 34.2 Å². The van der Waals surface area contributed by atoms with Crippen molar-refractivity contribution in [1.82, 2.24) is 14.8 Å². The van der Waals surface area contributed by atoms with Crippen molar-refractivity contribution in [3.05, 3.63) is 60.0 Å². The molecule has 168 valence electrons. The smallest absolute Gasteiger partial charge is 0.256 e. The molecule has 0 aliphatic heterocycles. The zero-order valence-electron chi connectivity index (χ0n) is 18.8. The maximum Gasteiger partial charge on any atom is 0.256 e. The molecule has 2 amide bonds. The van der Waals surface area contributed by atoms with E-state index in [0.717, 1.165) is 18.4 Å². The number of hydrogen-bond donors (Lipinski definition) is 2. The van der Waals surface area contributed by atoms with Gasteiger partial charge in [0, 0.05) is 23.3 Å². The Morgan fingerprint density at radius 2 is 1.97 bits per heavy atom. The second kappa shape index (κ2) is 8.20. The molecule has 1 aliphatic rings. The van der Waals surface area contributed by atoms with E-state index in [0.29, 0.717) is 39.4 Å². The van der Waals surface area contributed by atoms with Crippen molar-refractivity contribution in [2.24, 2.45) is 5.92 Å². The Labute approximate surface area is 191 Å². The SMILES string of the molecule is Cc1ccc(NC(=O)C2CC2)cc1NC(=O)c1cc(-c2ccco2)nc2c1cnn2C(C)C. The average molecular weight is 444 g/mol. The quantitative estimate of drug-likeness (QED) is 0.427. The number of furan rings is 1. The lowest BCUT2D eigenvalue weighted by Gasteiger charge is -2.13. The molecule has 5 rings (SSSR count). The van der Waals surface area contributed by atoms with Crippen molar-refractivity contribution in [2.45, 2.75) is 39.7 Å². The molecule has 0 radical (unpaired) electrons. The van der Waals surface area contributed by atoms with Crippen molar-refractivity contribution < 1.29 is 14.0 Å². The summed E-state index contributed by atoms with van der Waals surface area (Å²) >= 11 is 0. The van der Waals surface area contributed by atoms with Crippen LogP contribution in [-0.2, 0) is 4.79 Å². The lowest BCUT2D eigenvalue weighted by Crippen LogP contribution is -2.16. The van der Waals surface area contributed by atoms with Crippen LogP contribution in [0.15, 0.2) is 53.3 Å². The highest BCUT2D eigenvalue weighted by atomic mass is 16.3. The van der Waals surface area contributed by atoms with E-state index in [1.807, 2.05) is 39.0 Å². The van der Waals surface area contributed by atoms with Gasteiger partial charge in [0.05, 0.1) is 23.4 Å². The Bertz CT molecular complexity index is 1350. The largest absolute Gasteiger partial charge is 0.463 e. The lowest BCUT2D eigenvalue weighted by atomic mass is 10.1. The van der Waals surface area contributed by atoms with Gasteiger partial charge in [-0.15, -0.1) is 0 Å². The molecule has 1 aliphatic carbocycles. The Kier molecular flexibility index (Phi) is 5.20. The van der Waals surface area contributed by atoms with E-state index in [2.05, 4.69) is 15.7 Å². The van der Waals surface area contributed by atoms with Gasteiger partial charge < -0.3 is 15.1 Å². The highest BCUT2D eigenvalue weighted by Crippen LogP contribution is 2.31. The van der Waals surface area contributed by atoms with Gasteiger partial charge in [-0.2, -0.15) is 5.10 Å². The Hall–Kier alpha value is -3.94. The molecular weight excluding hydrogens is 418 g/mol. The number of rotatable bonds is 6. The predicted molar refractivity (Wildman–Crippen MR) is 126 cm³/mol. The fourth-order valence-corrected chi connectivity index (χ4v) is 3.75. The van der Waals surface area contributed by atoms with E-state index in [1.54, 1.807) is 35.3 Å². The van der Waals surface area contributed by atoms with Crippen molar-refractivity contribution in [3.63, 3.8) is 0 Å². The Morgan fingerprint density at radius 3 is 2.67 bits per heavy atom. The lowest BCUT2D eigenvalue weighted by molar-refractivity contribution is -0.117. The molecule has 0 saturated heterocycles. The van der Waals surface area contributed by atoms with Crippen molar-refractivity contribution in [1.29, 1.82) is 0 Å². The zero-order chi connectivity index (χ0) is 23.1. The van der Waals surface area contributed by atoms with Crippen molar-refractivity contribution in [2.75, 3.05) is 10.6 Å². The van der Waals surface area contributed by atoms with Crippen LogP contribution in [0.1, 0.15) is 48.7 Å². The molecule has 33 heavy (non-hydrogen) atoms. The highest BCUT2D eigenvalue weighted by molar-refractivity contribution is 6.13. The second-order valence-electron chi connectivity index (χ2n) is 8.70. The summed E-state index contributed by atoms with van der Waals surface area (Å²) in [7, 11) is 0. The van der Waals surface area contributed by atoms with Crippen LogP contribution >= 0.6 is 0 Å². The molecule has 1 aromatic carbocycles. The molecule has 1 saturated carbocycles. The molecule has 0 unspecified atom stereocenters. The highest BCUT2D eigenvalue weighted by Gasteiger charge is 2.29. The molecule has 8 heteroatoms. The Morgan fingerprint density at radius 1 is 1.15 bits per heavy atom. The van der Waals surface area contributed by atoms with E-state index >= 15 is 0 Å². The molecule has 8 nitrogen and oxygen atoms in total. The van der Waals surface area contributed by atoms with Crippen LogP contribution in [0.5, 0.6) is 0 Å². The molecule has 2 N–H and O–H groups in total. The number of fused-ring (bicyclic) bond motifs is 1. The predicted octanol–water partition coefficient (Wildman–Crippen LogP) is 5.18. The van der Waals surface area contributed by atoms with E-state index in [1.165, 1.54) is 0 Å². The first-order chi connectivity index (χ1) is 15.9. The van der Waals surface area contributed by atoms with Gasteiger partial charge in [-0.25, -0.2) is 9.67 Å². The van der Waals surface area contributed by atoms with Crippen LogP contribution < -0.4 is 10.6 Å². The third-order valence-electron chi connectivity index (χ3n) is 5.78. The van der Waals surface area contributed by atoms with Gasteiger partial charge in [-0.1, -0.05) is 6.07 Å². The van der Waals surface area contributed by atoms with Crippen LogP contribution in [0.25, 0.3) is 22.5 Å². The molecule has 0 bridgehead atoms. The summed E-state index contributed by atoms with van der Waals surface area (Å²) in [4.78, 5) is 30.3. The molecule has 3 heterocycles. The second-order valence-corrected chi connectivity index (χ2v) is 8.70. The fourth-order valence-electron chi connectivity index (χ4n) is 3.75. The summed E-state index contributed by atoms with van der Waals surface area (Å²) in [5.41, 5.74) is 3.81. The van der Waals surface area contributed by atoms with Gasteiger partial charge in [0.15, 0.2) is 11.4 Å². The fraction of sp³-hybridized carbons (Fsp3) is 0.280. The number of amides is 2. The van der Waals surface area contributed by atoms with Gasteiger partial charge in [-0.05, 0) is 69.5 Å². The van der Waals surface area contributed by atoms with E-state index in [-0.39, 0.29) is 23.8 Å². The van der Waals surface area contributed by atoms with Crippen LogP contribution in [-0.4, -0.2) is 26.6 Å².